The molecule has 0 aromatic heterocycles. The summed E-state index contributed by atoms with van der Waals surface area (Å²) in [5.41, 5.74) is 1.85. The van der Waals surface area contributed by atoms with Crippen LogP contribution >= 0.6 is 0 Å². The monoisotopic (exact) mass is 1650 g/mol. The van der Waals surface area contributed by atoms with Crippen molar-refractivity contribution < 1.29 is 135 Å². The third-order valence-corrected chi connectivity index (χ3v) is 18.6. The topological polar surface area (TPSA) is 395 Å². The Bertz CT molecular complexity index is 4130. The second-order valence-corrected chi connectivity index (χ2v) is 27.9. The Hall–Kier alpha value is -10.7. The molecule has 6 aromatic rings. The Balaban J connectivity index is 0.000000406. The summed E-state index contributed by atoms with van der Waals surface area (Å²) in [6.07, 6.45) is -4.78. The number of aliphatic carboxylic acids is 2. The van der Waals surface area contributed by atoms with Crippen LogP contribution in [-0.4, -0.2) is 154 Å². The number of hydrogen-bond donors (Lipinski definition) is 10. The van der Waals surface area contributed by atoms with Crippen LogP contribution in [0.2, 0.25) is 0 Å². The molecule has 4 unspecified atom stereocenters. The van der Waals surface area contributed by atoms with E-state index in [2.05, 4.69) is 36.6 Å². The van der Waals surface area contributed by atoms with E-state index in [1.54, 1.807) is 27.7 Å². The van der Waals surface area contributed by atoms with Gasteiger partial charge >= 0.3 is 35.8 Å². The summed E-state index contributed by atoms with van der Waals surface area (Å²) in [6, 6.07) is 28.3. The minimum Gasteiger partial charge on any atom is -0.481 e. The number of halogens is 4. The number of carboxylic acids is 2. The van der Waals surface area contributed by atoms with E-state index >= 15 is 0 Å². The molecule has 2 fully saturated rings. The maximum Gasteiger partial charge on any atom is 0.337 e. The number of carboxylic acid groups (broad SMARTS) is 2. The largest absolute Gasteiger partial charge is 0.481 e. The van der Waals surface area contributed by atoms with Crippen molar-refractivity contribution in [1.29, 1.82) is 0 Å². The summed E-state index contributed by atoms with van der Waals surface area (Å²) in [6.45, 7) is 6.70. The van der Waals surface area contributed by atoms with Gasteiger partial charge in [0.2, 0.25) is 23.6 Å². The molecule has 10 N–H and O–H groups in total. The number of ether oxygens (including phenoxy) is 4. The van der Waals surface area contributed by atoms with Crippen LogP contribution in [0.1, 0.15) is 143 Å². The van der Waals surface area contributed by atoms with Crippen molar-refractivity contribution in [3.63, 3.8) is 0 Å². The zero-order chi connectivity index (χ0) is 80.5. The molecule has 606 valence electrons. The van der Waals surface area contributed by atoms with Gasteiger partial charge in [-0.2, -0.15) is 0 Å². The summed E-state index contributed by atoms with van der Waals surface area (Å²) < 4.78 is 76.9. The fourth-order valence-corrected chi connectivity index (χ4v) is 13.0. The van der Waals surface area contributed by atoms with Crippen LogP contribution in [0.25, 0.3) is 0 Å². The zero-order valence-electron chi connectivity index (χ0n) is 62.6. The zero-order valence-corrected chi connectivity index (χ0v) is 64.1. The van der Waals surface area contributed by atoms with Gasteiger partial charge in [0.25, 0.3) is 11.8 Å². The molecule has 2 aliphatic carbocycles. The predicted octanol–water partition coefficient (Wildman–Crippen LogP) is 7.87. The summed E-state index contributed by atoms with van der Waals surface area (Å²) in [4.78, 5) is 154. The molecule has 2 saturated carbocycles. The number of carbonyl (C=O) groups excluding carboxylic acids is 10. The number of nitrogens with one attached hydrogen (secondary N) is 6. The quantitative estimate of drug-likeness (QED) is 0.00631. The van der Waals surface area contributed by atoms with Crippen molar-refractivity contribution in [2.75, 3.05) is 14.2 Å². The number of rotatable bonds is 32. The van der Waals surface area contributed by atoms with Gasteiger partial charge in [-0.3, -0.25) is 47.9 Å². The summed E-state index contributed by atoms with van der Waals surface area (Å²) in [7, 11) is 2.34. The first kappa shape index (κ1) is 91.9. The number of hydrogen-bond acceptors (Lipinski definition) is 18. The van der Waals surface area contributed by atoms with Gasteiger partial charge in [0.05, 0.1) is 86.2 Å². The number of carbonyl (C=O) groups is 12. The minimum atomic E-state index is -1.63. The van der Waals surface area contributed by atoms with Crippen LogP contribution in [0.4, 0.5) is 17.6 Å². The number of benzene rings is 6. The van der Waals surface area contributed by atoms with E-state index in [4.69, 9.17) is 14.2 Å². The maximum atomic E-state index is 14.2. The van der Waals surface area contributed by atoms with Crippen LogP contribution in [0.3, 0.4) is 0 Å². The number of amides is 6. The normalized spacial score (nSPS) is 17.9. The van der Waals surface area contributed by atoms with Crippen LogP contribution < -0.4 is 31.9 Å². The van der Waals surface area contributed by atoms with E-state index in [0.717, 1.165) is 42.5 Å². The average molecular weight is 1650 g/mol. The maximum absolute atomic E-state index is 14.2. The molecule has 8 rings (SSSR count). The van der Waals surface area contributed by atoms with Crippen LogP contribution in [-0.2, 0) is 104 Å². The molecule has 31 heteroatoms. The molecule has 0 aliphatic heterocycles. The minimum absolute atomic E-state index is 0. The van der Waals surface area contributed by atoms with Gasteiger partial charge in [-0.1, -0.05) is 100 Å². The molecular weight excluding hydrogens is 1560 g/mol. The van der Waals surface area contributed by atoms with Crippen LogP contribution in [0.5, 0.6) is 0 Å². The molecule has 0 saturated heterocycles. The van der Waals surface area contributed by atoms with E-state index in [9.17, 15) is 95.5 Å². The third-order valence-electron chi connectivity index (χ3n) is 18.6. The molecule has 26 nitrogen and oxygen atoms in total. The SMILES string of the molecule is COC(=O)c1cccc(C(=O)N[C@@H](Cc2cc(F)cc(F)c2)[C@@H](O)CC(=O)N[C@H](C(=O)NC2CC(C(=O)O)C[C@H](C(=O)O)C2)C(C)C)c1.COC(=O)c1cccc(C(=O)N[C@@H](Cc2cc(F)cc(F)c2)[C@@H](O)CC(=O)N[C@H](C(=O)NC2CC(C(=O)OCc3ccccc3)C[C@H](C(=O)OCc3ccccc3)C2)C(C)C)c1.[CH3-].[Pd]. The molecule has 12 atom stereocenters. The molecule has 0 spiro atoms. The molecular formula is C81H93F4N6O20Pd-. The summed E-state index contributed by atoms with van der Waals surface area (Å²) in [5.74, 6) is -17.3. The van der Waals surface area contributed by atoms with E-state index < -0.39 is 191 Å². The van der Waals surface area contributed by atoms with Crippen molar-refractivity contribution in [3.8, 4) is 0 Å². The van der Waals surface area contributed by atoms with Crippen molar-refractivity contribution in [3.05, 3.63) is 221 Å². The first-order valence-corrected chi connectivity index (χ1v) is 35.6. The second-order valence-electron chi connectivity index (χ2n) is 27.9. The third kappa shape index (κ3) is 28.5. The predicted molar refractivity (Wildman–Crippen MR) is 393 cm³/mol. The Morgan fingerprint density at radius 1 is 0.420 bits per heavy atom. The Labute approximate surface area is 658 Å². The summed E-state index contributed by atoms with van der Waals surface area (Å²) in [5, 5.41) is 57.3. The van der Waals surface area contributed by atoms with Gasteiger partial charge in [0, 0.05) is 55.8 Å². The first-order chi connectivity index (χ1) is 52.2. The molecule has 0 heterocycles. The van der Waals surface area contributed by atoms with Crippen LogP contribution in [0.15, 0.2) is 146 Å². The number of esters is 4. The van der Waals surface area contributed by atoms with E-state index in [1.165, 1.54) is 55.6 Å². The average Bonchev–Trinajstić information content (AvgIpc) is 0.851. The van der Waals surface area contributed by atoms with Gasteiger partial charge < -0.3 is 78.7 Å². The Morgan fingerprint density at radius 2 is 0.741 bits per heavy atom. The Morgan fingerprint density at radius 3 is 1.06 bits per heavy atom. The fourth-order valence-electron chi connectivity index (χ4n) is 13.0. The van der Waals surface area contributed by atoms with E-state index in [-0.39, 0.29) is 126 Å². The molecule has 112 heavy (non-hydrogen) atoms. The number of aliphatic hydroxyl groups excluding tert-OH is 2. The number of methoxy groups -OCH3 is 2. The molecule has 0 bridgehead atoms. The molecule has 6 aromatic carbocycles. The van der Waals surface area contributed by atoms with Crippen molar-refractivity contribution >= 4 is 71.3 Å². The number of aliphatic hydroxyl groups is 2. The van der Waals surface area contributed by atoms with Crippen LogP contribution in [0, 0.1) is 66.2 Å². The molecule has 0 radical (unpaired) electrons. The second kappa shape index (κ2) is 44.3. The van der Waals surface area contributed by atoms with Crippen molar-refractivity contribution in [2.45, 2.75) is 154 Å². The molecule has 2 aliphatic rings. The van der Waals surface area contributed by atoms with Gasteiger partial charge in [-0.05, 0) is 146 Å². The van der Waals surface area contributed by atoms with Gasteiger partial charge in [-0.25, -0.2) is 27.2 Å². The van der Waals surface area contributed by atoms with Gasteiger partial charge in [-0.15, -0.1) is 0 Å². The first-order valence-electron chi connectivity index (χ1n) is 35.6. The van der Waals surface area contributed by atoms with Crippen molar-refractivity contribution in [2.24, 2.45) is 35.5 Å². The van der Waals surface area contributed by atoms with E-state index in [0.29, 0.717) is 12.1 Å². The van der Waals surface area contributed by atoms with Gasteiger partial charge in [0.1, 0.15) is 48.6 Å². The standard InChI is InChI=1S/C47H51F2N3O10.C33H39F2N3O10.CH3.Pd/c1-28(2)42(52-41(54)25-40(53)39(19-31-17-36(48)24-37(49)18-31)51-43(55)32-15-10-16-33(20-32)45(57)60-3)44(56)50-38-22-34(46(58)61-26-29-11-6-4-7-12-29)21-35(23-38)47(59)62-27-30-13-8-5-9-14-30;1-16(2)28(30(42)36-24-12-20(31(43)44)11-21(13-24)32(45)46)38-27(40)15-26(39)25(9-17-7-22(34)14-23(35)8-17)37-29(41)18-5-4-6-19(10-18)33(47)48-3;;/h4-18,20,24,28,34-35,38-40,42,53H,19,21-23,25-27H2,1-3H3,(H,50,56)(H,51,55)(H,52,54);4-8,10,14,16,20-21,24-26,28,39H,9,11-13,15H2,1-3H3,(H,36,42)(H,37,41)(H,38,40)(H,43,44)(H,45,46);1H3;/q;;-1;/t34-,35?,38?,39-,40-,42-;20-,21?,24?,25-,26-,28-;;/m00../s1. The van der Waals surface area contributed by atoms with E-state index in [1.807, 2.05) is 60.7 Å². The molecule has 6 amide bonds. The Kier molecular flexibility index (Phi) is 36.4. The fraction of sp³-hybridized carbons (Fsp3) is 0.395. The van der Waals surface area contributed by atoms with Gasteiger partial charge in [0.15, 0.2) is 0 Å². The smallest absolute Gasteiger partial charge is 0.337 e. The van der Waals surface area contributed by atoms with Crippen molar-refractivity contribution in [1.82, 2.24) is 31.9 Å². The summed E-state index contributed by atoms with van der Waals surface area (Å²) >= 11 is 0.